The minimum absolute atomic E-state index is 0.115. The summed E-state index contributed by atoms with van der Waals surface area (Å²) in [7, 11) is 0. The van der Waals surface area contributed by atoms with Crippen molar-refractivity contribution in [1.82, 2.24) is 0 Å². The molecule has 0 aliphatic carbocycles. The molecule has 0 aliphatic heterocycles. The first-order valence-electron chi connectivity index (χ1n) is 3.91. The van der Waals surface area contributed by atoms with E-state index in [9.17, 15) is 0 Å². The van der Waals surface area contributed by atoms with Gasteiger partial charge in [-0.15, -0.1) is 22.7 Å². The highest BCUT2D eigenvalue weighted by molar-refractivity contribution is 9.11. The zero-order chi connectivity index (χ0) is 10.1. The molecule has 0 radical (unpaired) electrons. The van der Waals surface area contributed by atoms with Crippen LogP contribution in [0.1, 0.15) is 17.2 Å². The Bertz CT molecular complexity index is 437. The number of rotatable bonds is 2. The molecule has 2 aromatic heterocycles. The monoisotopic (exact) mass is 307 g/mol. The maximum atomic E-state index is 6.08. The van der Waals surface area contributed by atoms with Crippen LogP contribution in [0.4, 0.5) is 0 Å². The van der Waals surface area contributed by atoms with E-state index in [1.165, 1.54) is 11.3 Å². The van der Waals surface area contributed by atoms with Gasteiger partial charge in [0.2, 0.25) is 0 Å². The largest absolute Gasteiger partial charge is 0.320 e. The predicted octanol–water partition coefficient (Wildman–Crippen LogP) is 4.27. The van der Waals surface area contributed by atoms with Gasteiger partial charge in [-0.2, -0.15) is 0 Å². The molecule has 0 fully saturated rings. The summed E-state index contributed by atoms with van der Waals surface area (Å²) in [6.07, 6.45) is 0. The highest BCUT2D eigenvalue weighted by Gasteiger charge is 2.14. The Morgan fingerprint density at radius 1 is 1.43 bits per heavy atom. The first-order chi connectivity index (χ1) is 6.68. The van der Waals surface area contributed by atoms with Gasteiger partial charge >= 0.3 is 0 Å². The highest BCUT2D eigenvalue weighted by Crippen LogP contribution is 2.33. The summed E-state index contributed by atoms with van der Waals surface area (Å²) in [5, 5.41) is 4.00. The third-order valence-electron chi connectivity index (χ3n) is 1.93. The summed E-state index contributed by atoms with van der Waals surface area (Å²) in [5.74, 6) is 0. The molecular weight excluding hydrogens is 302 g/mol. The molecule has 5 heteroatoms. The van der Waals surface area contributed by atoms with E-state index in [2.05, 4.69) is 15.9 Å². The van der Waals surface area contributed by atoms with Crippen molar-refractivity contribution >= 4 is 50.2 Å². The van der Waals surface area contributed by atoms with Crippen LogP contribution in [-0.2, 0) is 0 Å². The van der Waals surface area contributed by atoms with Crippen molar-refractivity contribution < 1.29 is 0 Å². The van der Waals surface area contributed by atoms with Gasteiger partial charge in [-0.25, -0.2) is 0 Å². The van der Waals surface area contributed by atoms with Crippen molar-refractivity contribution in [3.63, 3.8) is 0 Å². The highest BCUT2D eigenvalue weighted by atomic mass is 79.9. The van der Waals surface area contributed by atoms with Crippen LogP contribution in [0.5, 0.6) is 0 Å². The molecule has 1 nitrogen and oxygen atoms in total. The fourth-order valence-corrected chi connectivity index (χ4v) is 3.40. The lowest BCUT2D eigenvalue weighted by atomic mass is 10.1. The third-order valence-corrected chi connectivity index (χ3v) is 4.65. The molecule has 2 rings (SSSR count). The van der Waals surface area contributed by atoms with Gasteiger partial charge in [-0.1, -0.05) is 11.6 Å². The summed E-state index contributed by atoms with van der Waals surface area (Å²) in [5.41, 5.74) is 8.18. The average Bonchev–Trinajstić information content (AvgIpc) is 2.73. The molecule has 1 unspecified atom stereocenters. The molecule has 0 spiro atoms. The third kappa shape index (κ3) is 2.04. The maximum absolute atomic E-state index is 6.08. The summed E-state index contributed by atoms with van der Waals surface area (Å²) in [6.45, 7) is 0. The Morgan fingerprint density at radius 3 is 2.71 bits per heavy atom. The van der Waals surface area contributed by atoms with Gasteiger partial charge in [-0.05, 0) is 44.4 Å². The molecule has 2 aromatic rings. The SMILES string of the molecule is NC(c1csc(Br)c1)c1ccsc1Cl. The lowest BCUT2D eigenvalue weighted by Crippen LogP contribution is -2.09. The number of nitrogens with two attached hydrogens (primary N) is 1. The van der Waals surface area contributed by atoms with Gasteiger partial charge in [0.15, 0.2) is 0 Å². The van der Waals surface area contributed by atoms with E-state index in [0.29, 0.717) is 0 Å². The number of hydrogen-bond donors (Lipinski definition) is 1. The minimum atomic E-state index is -0.115. The van der Waals surface area contributed by atoms with Gasteiger partial charge in [0.1, 0.15) is 0 Å². The standard InChI is InChI=1S/C9H7BrClNS2/c10-7-3-5(4-14-7)8(12)6-1-2-13-9(6)11/h1-4,8H,12H2. The Morgan fingerprint density at radius 2 is 2.21 bits per heavy atom. The summed E-state index contributed by atoms with van der Waals surface area (Å²) < 4.78 is 1.87. The molecule has 0 bridgehead atoms. The van der Waals surface area contributed by atoms with Crippen molar-refractivity contribution in [2.75, 3.05) is 0 Å². The molecule has 0 saturated heterocycles. The maximum Gasteiger partial charge on any atom is 0.0979 e. The van der Waals surface area contributed by atoms with Gasteiger partial charge in [0.25, 0.3) is 0 Å². The zero-order valence-corrected chi connectivity index (χ0v) is 11.0. The van der Waals surface area contributed by atoms with Crippen LogP contribution in [0, 0.1) is 0 Å². The van der Waals surface area contributed by atoms with E-state index >= 15 is 0 Å². The van der Waals surface area contributed by atoms with Crippen LogP contribution < -0.4 is 5.73 Å². The summed E-state index contributed by atoms with van der Waals surface area (Å²) in [4.78, 5) is 0. The van der Waals surface area contributed by atoms with E-state index in [4.69, 9.17) is 17.3 Å². The van der Waals surface area contributed by atoms with E-state index in [1.54, 1.807) is 11.3 Å². The second-order valence-electron chi connectivity index (χ2n) is 2.81. The Kier molecular flexibility index (Phi) is 3.29. The summed E-state index contributed by atoms with van der Waals surface area (Å²) in [6, 6.07) is 3.89. The van der Waals surface area contributed by atoms with Gasteiger partial charge in [0.05, 0.1) is 14.2 Å². The van der Waals surface area contributed by atoms with E-state index < -0.39 is 0 Å². The topological polar surface area (TPSA) is 26.0 Å². The van der Waals surface area contributed by atoms with Crippen LogP contribution in [0.2, 0.25) is 4.34 Å². The Balaban J connectivity index is 2.33. The predicted molar refractivity (Wildman–Crippen MR) is 67.4 cm³/mol. The van der Waals surface area contributed by atoms with Crippen molar-refractivity contribution in [3.05, 3.63) is 42.1 Å². The molecule has 0 saturated carbocycles. The second-order valence-corrected chi connectivity index (χ2v) is 6.62. The lowest BCUT2D eigenvalue weighted by Gasteiger charge is -2.07. The molecule has 1 atom stereocenters. The van der Waals surface area contributed by atoms with Crippen molar-refractivity contribution in [1.29, 1.82) is 0 Å². The summed E-state index contributed by atoms with van der Waals surface area (Å²) >= 11 is 12.6. The van der Waals surface area contributed by atoms with Crippen LogP contribution in [-0.4, -0.2) is 0 Å². The normalized spacial score (nSPS) is 13.1. The van der Waals surface area contributed by atoms with Crippen molar-refractivity contribution in [3.8, 4) is 0 Å². The number of halogens is 2. The molecule has 2 heterocycles. The average molecular weight is 309 g/mol. The fourth-order valence-electron chi connectivity index (χ4n) is 1.19. The molecule has 0 aliphatic rings. The Hall–Kier alpha value is 0.130. The molecule has 0 amide bonds. The second kappa shape index (κ2) is 4.33. The van der Waals surface area contributed by atoms with Gasteiger partial charge in [-0.3, -0.25) is 0 Å². The van der Waals surface area contributed by atoms with E-state index in [-0.39, 0.29) is 6.04 Å². The van der Waals surface area contributed by atoms with E-state index in [0.717, 1.165) is 19.2 Å². The first-order valence-corrected chi connectivity index (χ1v) is 6.84. The number of hydrogen-bond acceptors (Lipinski definition) is 3. The fraction of sp³-hybridized carbons (Fsp3) is 0.111. The zero-order valence-electron chi connectivity index (χ0n) is 7.04. The van der Waals surface area contributed by atoms with Gasteiger partial charge < -0.3 is 5.73 Å². The smallest absolute Gasteiger partial charge is 0.0979 e. The van der Waals surface area contributed by atoms with E-state index in [1.807, 2.05) is 22.9 Å². The molecular formula is C9H7BrClNS2. The van der Waals surface area contributed by atoms with Crippen molar-refractivity contribution in [2.45, 2.75) is 6.04 Å². The Labute approximate surface area is 104 Å². The molecule has 0 aromatic carbocycles. The van der Waals surface area contributed by atoms with Crippen LogP contribution in [0.15, 0.2) is 26.7 Å². The molecule has 14 heavy (non-hydrogen) atoms. The van der Waals surface area contributed by atoms with Crippen LogP contribution in [0.25, 0.3) is 0 Å². The number of thiophene rings is 2. The van der Waals surface area contributed by atoms with Crippen LogP contribution >= 0.6 is 50.2 Å². The molecule has 74 valence electrons. The lowest BCUT2D eigenvalue weighted by molar-refractivity contribution is 0.882. The molecule has 2 N–H and O–H groups in total. The quantitative estimate of drug-likeness (QED) is 0.880. The van der Waals surface area contributed by atoms with Crippen LogP contribution in [0.3, 0.4) is 0 Å². The minimum Gasteiger partial charge on any atom is -0.320 e. The van der Waals surface area contributed by atoms with Gasteiger partial charge in [0, 0.05) is 5.56 Å². The first kappa shape index (κ1) is 10.6. The van der Waals surface area contributed by atoms with Crippen molar-refractivity contribution in [2.24, 2.45) is 5.73 Å².